The summed E-state index contributed by atoms with van der Waals surface area (Å²) in [5.41, 5.74) is 0.493. The number of benzene rings is 2. The van der Waals surface area contributed by atoms with Gasteiger partial charge in [-0.2, -0.15) is 4.39 Å². The summed E-state index contributed by atoms with van der Waals surface area (Å²) in [7, 11) is 1.56. The molecule has 1 heterocycles. The molecule has 168 valence electrons. The molecule has 7 heteroatoms. The third-order valence-corrected chi connectivity index (χ3v) is 6.04. The van der Waals surface area contributed by atoms with Crippen molar-refractivity contribution < 1.29 is 13.9 Å². The van der Waals surface area contributed by atoms with Crippen LogP contribution in [0.4, 0.5) is 4.39 Å². The molecule has 0 radical (unpaired) electrons. The Balaban J connectivity index is 1.36. The van der Waals surface area contributed by atoms with Crippen LogP contribution in [0.1, 0.15) is 36.4 Å². The Morgan fingerprint density at radius 2 is 1.72 bits per heavy atom. The Bertz CT molecular complexity index is 1150. The maximum Gasteiger partial charge on any atom is 0.331 e. The van der Waals surface area contributed by atoms with E-state index in [9.17, 15) is 14.0 Å². The normalized spacial score (nSPS) is 17.7. The number of hydrogen-bond donors (Lipinski definition) is 0. The average Bonchev–Trinajstić information content (AvgIpc) is 2.79. The summed E-state index contributed by atoms with van der Waals surface area (Å²) in [6.45, 7) is 1.24. The molecule has 1 aromatic heterocycles. The Morgan fingerprint density at radius 3 is 2.41 bits per heavy atom. The molecule has 0 atom stereocenters. The van der Waals surface area contributed by atoms with Crippen LogP contribution in [0.15, 0.2) is 70.4 Å². The minimum atomic E-state index is -0.909. The highest BCUT2D eigenvalue weighted by molar-refractivity contribution is 5.27. The zero-order valence-electron chi connectivity index (χ0n) is 18.1. The fourth-order valence-corrected chi connectivity index (χ4v) is 4.08. The molecule has 1 aliphatic rings. The van der Waals surface area contributed by atoms with Gasteiger partial charge in [0.25, 0.3) is 5.56 Å². The van der Waals surface area contributed by atoms with Crippen molar-refractivity contribution in [2.75, 3.05) is 13.7 Å². The summed E-state index contributed by atoms with van der Waals surface area (Å²) < 4.78 is 27.5. The lowest BCUT2D eigenvalue weighted by atomic mass is 9.78. The van der Waals surface area contributed by atoms with Crippen molar-refractivity contribution in [3.63, 3.8) is 0 Å². The van der Waals surface area contributed by atoms with Crippen molar-refractivity contribution in [1.29, 1.82) is 0 Å². The minimum Gasteiger partial charge on any atom is -0.497 e. The standard InChI is InChI=1S/C25H27FN2O4/c1-31-22-9-7-18(8-10-22)15-28-24(29)23(26)16-27(25(28)30)21-13-20(14-21)11-12-32-17-19-5-3-2-4-6-19/h2-10,16,20-21H,11-15,17H2,1H3/t20-,21+. The molecular weight excluding hydrogens is 411 g/mol. The fraction of sp³-hybridized carbons (Fsp3) is 0.360. The number of hydrogen-bond acceptors (Lipinski definition) is 4. The maximum absolute atomic E-state index is 14.3. The first-order chi connectivity index (χ1) is 15.5. The van der Waals surface area contributed by atoms with Gasteiger partial charge < -0.3 is 9.47 Å². The van der Waals surface area contributed by atoms with Crippen molar-refractivity contribution in [3.8, 4) is 5.75 Å². The number of methoxy groups -OCH3 is 1. The van der Waals surface area contributed by atoms with Gasteiger partial charge in [0.1, 0.15) is 5.75 Å². The van der Waals surface area contributed by atoms with Gasteiger partial charge in [-0.05, 0) is 48.4 Å². The van der Waals surface area contributed by atoms with E-state index in [1.807, 2.05) is 30.3 Å². The smallest absolute Gasteiger partial charge is 0.331 e. The molecule has 3 aromatic rings. The Morgan fingerprint density at radius 1 is 1.00 bits per heavy atom. The molecule has 32 heavy (non-hydrogen) atoms. The van der Waals surface area contributed by atoms with E-state index in [-0.39, 0.29) is 12.6 Å². The second-order valence-electron chi connectivity index (χ2n) is 8.22. The van der Waals surface area contributed by atoms with Crippen LogP contribution < -0.4 is 16.0 Å². The van der Waals surface area contributed by atoms with Crippen LogP contribution in [0.3, 0.4) is 0 Å². The number of rotatable bonds is 9. The maximum atomic E-state index is 14.3. The molecular formula is C25H27FN2O4. The van der Waals surface area contributed by atoms with Gasteiger partial charge in [0.15, 0.2) is 0 Å². The van der Waals surface area contributed by atoms with Gasteiger partial charge in [0.2, 0.25) is 5.82 Å². The second kappa shape index (κ2) is 9.96. The molecule has 1 aliphatic carbocycles. The van der Waals surface area contributed by atoms with Gasteiger partial charge in [-0.25, -0.2) is 4.79 Å². The van der Waals surface area contributed by atoms with Crippen molar-refractivity contribution in [1.82, 2.24) is 9.13 Å². The summed E-state index contributed by atoms with van der Waals surface area (Å²) in [6.07, 6.45) is 3.50. The monoisotopic (exact) mass is 438 g/mol. The van der Waals surface area contributed by atoms with Crippen molar-refractivity contribution in [3.05, 3.63) is 98.6 Å². The van der Waals surface area contributed by atoms with E-state index < -0.39 is 17.1 Å². The van der Waals surface area contributed by atoms with Crippen LogP contribution in [0.25, 0.3) is 0 Å². The van der Waals surface area contributed by atoms with E-state index in [1.54, 1.807) is 31.4 Å². The molecule has 6 nitrogen and oxygen atoms in total. The molecule has 0 bridgehead atoms. The first-order valence-electron chi connectivity index (χ1n) is 10.8. The third-order valence-electron chi connectivity index (χ3n) is 6.04. The Kier molecular flexibility index (Phi) is 6.85. The Labute approximate surface area is 185 Å². The highest BCUT2D eigenvalue weighted by atomic mass is 19.1. The lowest BCUT2D eigenvalue weighted by Crippen LogP contribution is -2.45. The molecule has 1 saturated carbocycles. The predicted molar refractivity (Wildman–Crippen MR) is 119 cm³/mol. The van der Waals surface area contributed by atoms with Crippen molar-refractivity contribution in [2.45, 2.75) is 38.5 Å². The predicted octanol–water partition coefficient (Wildman–Crippen LogP) is 3.76. The van der Waals surface area contributed by atoms with E-state index in [0.29, 0.717) is 24.9 Å². The molecule has 4 rings (SSSR count). The lowest BCUT2D eigenvalue weighted by Gasteiger charge is -2.36. The molecule has 1 fully saturated rings. The number of ether oxygens (including phenoxy) is 2. The van der Waals surface area contributed by atoms with E-state index in [1.165, 1.54) is 4.57 Å². The minimum absolute atomic E-state index is 0.0168. The SMILES string of the molecule is COc1ccc(Cn2c(=O)c(F)cn([C@H]3C[C@@H](CCOCc4ccccc4)C3)c2=O)cc1. The van der Waals surface area contributed by atoms with Gasteiger partial charge in [-0.1, -0.05) is 42.5 Å². The molecule has 0 aliphatic heterocycles. The van der Waals surface area contributed by atoms with Gasteiger partial charge in [0.05, 0.1) is 26.5 Å². The van der Waals surface area contributed by atoms with E-state index in [4.69, 9.17) is 9.47 Å². The third kappa shape index (κ3) is 4.99. The summed E-state index contributed by atoms with van der Waals surface area (Å²) in [4.78, 5) is 25.2. The molecule has 0 unspecified atom stereocenters. The molecule has 0 saturated heterocycles. The zero-order chi connectivity index (χ0) is 22.5. The summed E-state index contributed by atoms with van der Waals surface area (Å²) in [5, 5.41) is 0. The highest BCUT2D eigenvalue weighted by Gasteiger charge is 2.32. The van der Waals surface area contributed by atoms with Gasteiger partial charge in [0, 0.05) is 12.6 Å². The summed E-state index contributed by atoms with van der Waals surface area (Å²) in [5.74, 6) is 0.187. The molecule has 0 amide bonds. The van der Waals surface area contributed by atoms with Crippen molar-refractivity contribution >= 4 is 0 Å². The lowest BCUT2D eigenvalue weighted by molar-refractivity contribution is 0.0790. The second-order valence-corrected chi connectivity index (χ2v) is 8.22. The number of halogens is 1. The number of aromatic nitrogens is 2. The zero-order valence-corrected chi connectivity index (χ0v) is 18.1. The first kappa shape index (κ1) is 22.0. The van der Waals surface area contributed by atoms with Crippen LogP contribution in [-0.2, 0) is 17.9 Å². The quantitative estimate of drug-likeness (QED) is 0.477. The van der Waals surface area contributed by atoms with Crippen LogP contribution in [-0.4, -0.2) is 22.9 Å². The molecule has 2 aromatic carbocycles. The highest BCUT2D eigenvalue weighted by Crippen LogP contribution is 2.39. The van der Waals surface area contributed by atoms with Gasteiger partial charge in [-0.15, -0.1) is 0 Å². The van der Waals surface area contributed by atoms with Crippen LogP contribution in [0, 0.1) is 11.7 Å². The summed E-state index contributed by atoms with van der Waals surface area (Å²) >= 11 is 0. The van der Waals surface area contributed by atoms with Gasteiger partial charge in [-0.3, -0.25) is 13.9 Å². The molecule has 0 spiro atoms. The summed E-state index contributed by atoms with van der Waals surface area (Å²) in [6, 6.07) is 16.9. The van der Waals surface area contributed by atoms with Crippen LogP contribution in [0.5, 0.6) is 5.75 Å². The Hall–Kier alpha value is -3.19. The van der Waals surface area contributed by atoms with Crippen molar-refractivity contribution in [2.24, 2.45) is 5.92 Å². The van der Waals surface area contributed by atoms with E-state index >= 15 is 0 Å². The largest absolute Gasteiger partial charge is 0.497 e. The van der Waals surface area contributed by atoms with Crippen LogP contribution >= 0.6 is 0 Å². The average molecular weight is 438 g/mol. The van der Waals surface area contributed by atoms with E-state index in [0.717, 1.165) is 41.2 Å². The van der Waals surface area contributed by atoms with E-state index in [2.05, 4.69) is 0 Å². The topological polar surface area (TPSA) is 62.5 Å². The van der Waals surface area contributed by atoms with Crippen LogP contribution in [0.2, 0.25) is 0 Å². The molecule has 0 N–H and O–H groups in total. The first-order valence-corrected chi connectivity index (χ1v) is 10.8. The van der Waals surface area contributed by atoms with Gasteiger partial charge >= 0.3 is 5.69 Å². The number of nitrogens with zero attached hydrogens (tertiary/aromatic N) is 2. The fourth-order valence-electron chi connectivity index (χ4n) is 4.08.